The molecule has 5 atom stereocenters. The van der Waals surface area contributed by atoms with E-state index in [1.54, 1.807) is 12.3 Å². The van der Waals surface area contributed by atoms with Crippen LogP contribution in [0.1, 0.15) is 0 Å². The van der Waals surface area contributed by atoms with Gasteiger partial charge >= 0.3 is 6.03 Å². The monoisotopic (exact) mass is 270 g/mol. The van der Waals surface area contributed by atoms with Gasteiger partial charge in [-0.05, 0) is 0 Å². The Labute approximate surface area is 109 Å². The third-order valence-corrected chi connectivity index (χ3v) is 3.90. The van der Waals surface area contributed by atoms with E-state index in [2.05, 4.69) is 0 Å². The molecule has 0 radical (unpaired) electrons. The van der Waals surface area contributed by atoms with Crippen LogP contribution in [0, 0.1) is 0 Å². The summed E-state index contributed by atoms with van der Waals surface area (Å²) in [6.45, 7) is -0.182. The summed E-state index contributed by atoms with van der Waals surface area (Å²) < 4.78 is 5.17. The summed E-state index contributed by atoms with van der Waals surface area (Å²) in [5.41, 5.74) is 5.69. The van der Waals surface area contributed by atoms with Crippen LogP contribution in [0.5, 0.6) is 0 Å². The van der Waals surface area contributed by atoms with Gasteiger partial charge in [-0.15, -0.1) is 0 Å². The molecule has 3 heterocycles. The fourth-order valence-corrected chi connectivity index (χ4v) is 2.75. The number of fused-ring (bicyclic) bond motifs is 2. The number of urea groups is 1. The van der Waals surface area contributed by atoms with Crippen LogP contribution < -0.4 is 5.73 Å². The van der Waals surface area contributed by atoms with Crippen LogP contribution >= 0.6 is 0 Å². The first-order valence-electron chi connectivity index (χ1n) is 6.00. The Kier molecular flexibility index (Phi) is 2.66. The average molecular weight is 270 g/mol. The zero-order chi connectivity index (χ0) is 13.8. The quantitative estimate of drug-likeness (QED) is 0.430. The molecule has 8 heteroatoms. The minimum absolute atomic E-state index is 0.240. The predicted octanol–water partition coefficient (Wildman–Crippen LogP) is -2.04. The summed E-state index contributed by atoms with van der Waals surface area (Å²) in [5.74, 6) is 0.333. The molecule has 19 heavy (non-hydrogen) atoms. The Balaban J connectivity index is 1.95. The van der Waals surface area contributed by atoms with Gasteiger partial charge in [0.15, 0.2) is 6.10 Å². The van der Waals surface area contributed by atoms with Crippen molar-refractivity contribution in [3.8, 4) is 0 Å². The van der Waals surface area contributed by atoms with E-state index in [4.69, 9.17) is 15.6 Å². The Morgan fingerprint density at radius 2 is 2.21 bits per heavy atom. The lowest BCUT2D eigenvalue weighted by atomic mass is 10.1. The first kappa shape index (κ1) is 12.6. The van der Waals surface area contributed by atoms with Gasteiger partial charge in [-0.3, -0.25) is 0 Å². The summed E-state index contributed by atoms with van der Waals surface area (Å²) in [4.78, 5) is 13.6. The van der Waals surface area contributed by atoms with Crippen molar-refractivity contribution in [3.63, 3.8) is 0 Å². The molecule has 104 valence electrons. The van der Waals surface area contributed by atoms with Crippen LogP contribution in [0.25, 0.3) is 0 Å². The number of carbonyl (C=O) groups excluding carboxylic acids is 1. The molecule has 1 unspecified atom stereocenters. The van der Waals surface area contributed by atoms with E-state index in [1.807, 2.05) is 0 Å². The highest BCUT2D eigenvalue weighted by Gasteiger charge is 2.60. The molecule has 0 spiro atoms. The number of nitrogens with two attached hydrogens (primary N) is 1. The summed E-state index contributed by atoms with van der Waals surface area (Å²) >= 11 is 0. The summed E-state index contributed by atoms with van der Waals surface area (Å²) in [6, 6.07) is -0.338. The molecular formula is C11H16N3O5+. The van der Waals surface area contributed by atoms with Crippen LogP contribution in [0.4, 0.5) is 4.79 Å². The molecule has 5 N–H and O–H groups in total. The molecule has 1 fully saturated rings. The third kappa shape index (κ3) is 1.49. The molecule has 0 aliphatic carbocycles. The summed E-state index contributed by atoms with van der Waals surface area (Å²) in [7, 11) is 0. The number of hydrogen-bond acceptors (Lipinski definition) is 6. The number of rotatable bonds is 2. The fourth-order valence-electron chi connectivity index (χ4n) is 2.75. The van der Waals surface area contributed by atoms with E-state index in [0.29, 0.717) is 5.82 Å². The van der Waals surface area contributed by atoms with E-state index in [1.165, 1.54) is 11.1 Å². The van der Waals surface area contributed by atoms with E-state index in [9.17, 15) is 15.0 Å². The molecule has 8 nitrogen and oxygen atoms in total. The highest BCUT2D eigenvalue weighted by atomic mass is 16.6. The van der Waals surface area contributed by atoms with Crippen molar-refractivity contribution >= 4 is 6.03 Å². The van der Waals surface area contributed by atoms with Crippen molar-refractivity contribution in [2.24, 2.45) is 5.73 Å². The van der Waals surface area contributed by atoms with Gasteiger partial charge in [0.05, 0.1) is 12.8 Å². The molecule has 0 saturated carbocycles. The fraction of sp³-hybridized carbons (Fsp3) is 0.545. The lowest BCUT2D eigenvalue weighted by molar-refractivity contribution is -0.848. The van der Waals surface area contributed by atoms with E-state index in [-0.39, 0.29) is 17.1 Å². The number of quaternary nitrogens is 1. The predicted molar refractivity (Wildman–Crippen MR) is 61.5 cm³/mol. The summed E-state index contributed by atoms with van der Waals surface area (Å²) in [6.07, 6.45) is 0.445. The number of aliphatic hydroxyl groups excluding tert-OH is 3. The molecule has 3 rings (SSSR count). The maximum absolute atomic E-state index is 12.3. The normalized spacial score (nSPS) is 44.9. The maximum atomic E-state index is 12.3. The number of ether oxygens (including phenoxy) is 1. The van der Waals surface area contributed by atoms with Crippen molar-refractivity contribution in [1.29, 1.82) is 0 Å². The van der Waals surface area contributed by atoms with Crippen LogP contribution in [0.3, 0.4) is 0 Å². The molecule has 2 amide bonds. The van der Waals surface area contributed by atoms with E-state index >= 15 is 0 Å². The zero-order valence-corrected chi connectivity index (χ0v) is 10.1. The molecule has 2 bridgehead atoms. The Bertz CT molecular complexity index is 479. The number of amides is 2. The van der Waals surface area contributed by atoms with Crippen molar-refractivity contribution in [1.82, 2.24) is 4.90 Å². The van der Waals surface area contributed by atoms with Gasteiger partial charge < -0.3 is 25.8 Å². The second-order valence-corrected chi connectivity index (χ2v) is 4.92. The van der Waals surface area contributed by atoms with Crippen LogP contribution in [0.2, 0.25) is 0 Å². The Morgan fingerprint density at radius 3 is 2.84 bits per heavy atom. The van der Waals surface area contributed by atoms with E-state index in [0.717, 1.165) is 0 Å². The van der Waals surface area contributed by atoms with Crippen molar-refractivity contribution in [2.75, 3.05) is 13.2 Å². The van der Waals surface area contributed by atoms with Crippen molar-refractivity contribution in [3.05, 3.63) is 24.3 Å². The molecule has 0 aromatic heterocycles. The molecule has 1 saturated heterocycles. The van der Waals surface area contributed by atoms with Crippen LogP contribution in [0.15, 0.2) is 24.3 Å². The van der Waals surface area contributed by atoms with Gasteiger partial charge in [-0.2, -0.15) is 4.48 Å². The topological polar surface area (TPSA) is 116 Å². The molecular weight excluding hydrogens is 254 g/mol. The highest BCUT2D eigenvalue weighted by molar-refractivity contribution is 5.74. The van der Waals surface area contributed by atoms with Crippen LogP contribution in [-0.2, 0) is 4.74 Å². The number of aliphatic hydroxyl groups is 3. The molecule has 3 aliphatic rings. The molecule has 0 aromatic rings. The smallest absolute Gasteiger partial charge is 0.394 e. The molecule has 0 aromatic carbocycles. The van der Waals surface area contributed by atoms with Crippen molar-refractivity contribution < 1.29 is 29.3 Å². The number of hydrogen-bond donors (Lipinski definition) is 4. The van der Waals surface area contributed by atoms with Gasteiger partial charge in [-0.1, -0.05) is 0 Å². The first-order valence-corrected chi connectivity index (χ1v) is 6.00. The maximum Gasteiger partial charge on any atom is 0.436 e. The second-order valence-electron chi connectivity index (χ2n) is 4.92. The van der Waals surface area contributed by atoms with Crippen LogP contribution in [-0.4, -0.2) is 68.4 Å². The van der Waals surface area contributed by atoms with Gasteiger partial charge in [0.2, 0.25) is 6.23 Å². The Morgan fingerprint density at radius 1 is 1.47 bits per heavy atom. The minimum atomic E-state index is -1.25. The first-order chi connectivity index (χ1) is 9.01. The lowest BCUT2D eigenvalue weighted by Crippen LogP contribution is -2.62. The van der Waals surface area contributed by atoms with Gasteiger partial charge in [0.25, 0.3) is 0 Å². The average Bonchev–Trinajstić information content (AvgIpc) is 2.80. The van der Waals surface area contributed by atoms with Gasteiger partial charge in [-0.25, -0.2) is 9.69 Å². The minimum Gasteiger partial charge on any atom is -0.394 e. The zero-order valence-electron chi connectivity index (χ0n) is 10.1. The van der Waals surface area contributed by atoms with Gasteiger partial charge in [0, 0.05) is 6.08 Å². The Hall–Kier alpha value is -1.45. The highest BCUT2D eigenvalue weighted by Crippen LogP contribution is 2.37. The standard InChI is InChI=1S/C11H16N3O5/c12-7-1-3-14(4-2-13(7)11(14)18)10-9(17)8(16)6(5-15)19-10/h1-2,4,6,8-10,15-17H,3,5,12H2/q+1/t6-,8-,9-,10-,14?/m1/s1. The molecule has 3 aliphatic heterocycles. The second kappa shape index (κ2) is 4.02. The largest absolute Gasteiger partial charge is 0.436 e. The van der Waals surface area contributed by atoms with E-state index < -0.39 is 31.1 Å². The summed E-state index contributed by atoms with van der Waals surface area (Å²) in [5, 5.41) is 28.9. The lowest BCUT2D eigenvalue weighted by Gasteiger charge is -2.37. The third-order valence-electron chi connectivity index (χ3n) is 3.90. The van der Waals surface area contributed by atoms with Gasteiger partial charge in [0.1, 0.15) is 30.8 Å². The SMILES string of the molecule is NC1=CC[N+]2([C@@H]3O[C@H](CO)[C@@H](O)[C@H]3O)C=CN1C2=O. The number of nitrogens with zero attached hydrogens (tertiary/aromatic N) is 2. The number of carbonyl (C=O) groups is 1. The van der Waals surface area contributed by atoms with Crippen molar-refractivity contribution in [2.45, 2.75) is 24.5 Å².